The Kier molecular flexibility index (Phi) is 30.2. The van der Waals surface area contributed by atoms with Gasteiger partial charge < -0.3 is 66.9 Å². The summed E-state index contributed by atoms with van der Waals surface area (Å²) in [4.78, 5) is 0. The molecular weight excluding hydrogens is 606 g/mol. The van der Waals surface area contributed by atoms with E-state index in [9.17, 15) is 0 Å². The number of halogens is 3. The number of rotatable bonds is 9. The van der Waals surface area contributed by atoms with Gasteiger partial charge in [0.1, 0.15) is 19.6 Å². The van der Waals surface area contributed by atoms with Gasteiger partial charge in [0.2, 0.25) is 0 Å². The molecule has 3 nitrogen and oxygen atoms in total. The van der Waals surface area contributed by atoms with Gasteiger partial charge in [0.15, 0.2) is 0 Å². The molecule has 0 fully saturated rings. The predicted octanol–water partition coefficient (Wildman–Crippen LogP) is -6.68. The molecule has 0 saturated carbocycles. The molecule has 0 bridgehead atoms. The van der Waals surface area contributed by atoms with E-state index in [0.717, 1.165) is 39.3 Å². The summed E-state index contributed by atoms with van der Waals surface area (Å²) >= 11 is 0. The molecule has 6 N–H and O–H groups in total. The van der Waals surface area contributed by atoms with Gasteiger partial charge in [-0.15, -0.1) is 0 Å². The summed E-state index contributed by atoms with van der Waals surface area (Å²) in [7, 11) is 0. The molecule has 3 rings (SSSR count). The Balaban J connectivity index is -0.000000391. The second kappa shape index (κ2) is 27.2. The van der Waals surface area contributed by atoms with Crippen LogP contribution in [0.15, 0.2) is 91.0 Å². The average molecular weight is 648 g/mol. The van der Waals surface area contributed by atoms with Gasteiger partial charge in [-0.25, -0.2) is 0 Å². The third-order valence-electron chi connectivity index (χ3n) is 4.53. The molecule has 0 unspecified atom stereocenters. The van der Waals surface area contributed by atoms with E-state index in [4.69, 9.17) is 0 Å². The lowest BCUT2D eigenvalue weighted by Gasteiger charge is -1.96. The Hall–Kier alpha value is -1.02. The van der Waals surface area contributed by atoms with Crippen molar-refractivity contribution >= 4 is 0 Å². The van der Waals surface area contributed by atoms with Crippen molar-refractivity contribution in [2.75, 3.05) is 19.6 Å². The molecule has 0 aliphatic carbocycles. The predicted molar refractivity (Wildman–Crippen MR) is 128 cm³/mol. The summed E-state index contributed by atoms with van der Waals surface area (Å²) in [5, 5.41) is 6.86. The molecule has 0 aliphatic heterocycles. The Bertz CT molecular complexity index is 626. The van der Waals surface area contributed by atoms with Crippen LogP contribution < -0.4 is 66.9 Å². The van der Waals surface area contributed by atoms with Crippen molar-refractivity contribution in [1.29, 1.82) is 0 Å². The number of hydrogen-bond donors (Lipinski definition) is 3. The fourth-order valence-corrected chi connectivity index (χ4v) is 2.78. The zero-order valence-corrected chi connectivity index (χ0v) is 25.0. The van der Waals surface area contributed by atoms with E-state index in [1.54, 1.807) is 0 Å². The summed E-state index contributed by atoms with van der Waals surface area (Å²) in [5.74, 6) is 0. The van der Waals surface area contributed by atoms with Crippen LogP contribution in [0.5, 0.6) is 0 Å². The molecule has 3 aromatic carbocycles. The molecule has 0 spiro atoms. The van der Waals surface area contributed by atoms with Crippen LogP contribution in [0, 0.1) is 0 Å². The summed E-state index contributed by atoms with van der Waals surface area (Å²) in [6.45, 7) is 13.3. The Morgan fingerprint density at radius 2 is 0.606 bits per heavy atom. The SMILES string of the molecule is CC[NH2+]Cc1ccccc1.CC[NH2+]Cc1ccccc1.CC[NH2+]Cc1ccccc1.[Br-].[Br-].[Br-]. The van der Waals surface area contributed by atoms with E-state index in [1.165, 1.54) is 16.7 Å². The van der Waals surface area contributed by atoms with Gasteiger partial charge in [0, 0.05) is 16.7 Å². The van der Waals surface area contributed by atoms with Crippen molar-refractivity contribution in [3.63, 3.8) is 0 Å². The molecule has 33 heavy (non-hydrogen) atoms. The van der Waals surface area contributed by atoms with Crippen molar-refractivity contribution in [2.24, 2.45) is 0 Å². The first-order chi connectivity index (χ1) is 14.8. The molecule has 186 valence electrons. The van der Waals surface area contributed by atoms with Crippen LogP contribution in [0.4, 0.5) is 0 Å². The van der Waals surface area contributed by atoms with E-state index < -0.39 is 0 Å². The number of benzene rings is 3. The summed E-state index contributed by atoms with van der Waals surface area (Å²) in [6, 6.07) is 31.6. The van der Waals surface area contributed by atoms with E-state index in [1.807, 2.05) is 0 Å². The zero-order chi connectivity index (χ0) is 21.7. The van der Waals surface area contributed by atoms with Gasteiger partial charge in [0.05, 0.1) is 19.6 Å². The van der Waals surface area contributed by atoms with Gasteiger partial charge >= 0.3 is 0 Å². The number of hydrogen-bond acceptors (Lipinski definition) is 0. The van der Waals surface area contributed by atoms with E-state index in [-0.39, 0.29) is 50.9 Å². The van der Waals surface area contributed by atoms with Gasteiger partial charge in [-0.1, -0.05) is 91.0 Å². The fraction of sp³-hybridized carbons (Fsp3) is 0.333. The standard InChI is InChI=1S/3C9H13N.3BrH/c3*1-2-10-8-9-6-4-3-5-7-9;;;/h3*3-7,10H,2,8H2,1H3;3*1H. The van der Waals surface area contributed by atoms with Crippen LogP contribution in [-0.2, 0) is 19.6 Å². The maximum Gasteiger partial charge on any atom is 0.101 e. The minimum absolute atomic E-state index is 0. The molecule has 6 heteroatoms. The lowest BCUT2D eigenvalue weighted by Crippen LogP contribution is -3.00. The normalized spacial score (nSPS) is 8.82. The maximum absolute atomic E-state index is 2.29. The molecule has 0 amide bonds. The van der Waals surface area contributed by atoms with Crippen molar-refractivity contribution in [2.45, 2.75) is 40.4 Å². The molecule has 0 heterocycles. The van der Waals surface area contributed by atoms with Crippen molar-refractivity contribution in [1.82, 2.24) is 0 Å². The maximum atomic E-state index is 2.29. The Labute approximate surface area is 233 Å². The molecular formula is C27H42Br3N3. The van der Waals surface area contributed by atoms with E-state index >= 15 is 0 Å². The van der Waals surface area contributed by atoms with Gasteiger partial charge in [-0.05, 0) is 20.8 Å². The second-order valence-corrected chi connectivity index (χ2v) is 7.16. The van der Waals surface area contributed by atoms with Crippen molar-refractivity contribution < 1.29 is 66.9 Å². The molecule has 0 saturated heterocycles. The number of nitrogens with two attached hydrogens (primary N) is 3. The highest BCUT2D eigenvalue weighted by atomic mass is 79.9. The first-order valence-corrected chi connectivity index (χ1v) is 11.4. The minimum atomic E-state index is 0. The van der Waals surface area contributed by atoms with Gasteiger partial charge in [0.25, 0.3) is 0 Å². The monoisotopic (exact) mass is 645 g/mol. The second-order valence-electron chi connectivity index (χ2n) is 7.16. The molecule has 0 aliphatic rings. The minimum Gasteiger partial charge on any atom is -1.00 e. The summed E-state index contributed by atoms with van der Waals surface area (Å²) in [6.07, 6.45) is 0. The van der Waals surface area contributed by atoms with Crippen molar-refractivity contribution in [3.8, 4) is 0 Å². The first-order valence-electron chi connectivity index (χ1n) is 11.4. The van der Waals surface area contributed by atoms with Crippen LogP contribution in [-0.4, -0.2) is 19.6 Å². The Morgan fingerprint density at radius 1 is 0.394 bits per heavy atom. The topological polar surface area (TPSA) is 49.8 Å². The highest BCUT2D eigenvalue weighted by molar-refractivity contribution is 5.14. The highest BCUT2D eigenvalue weighted by Crippen LogP contribution is 1.95. The van der Waals surface area contributed by atoms with Gasteiger partial charge in [-0.3, -0.25) is 0 Å². The summed E-state index contributed by atoms with van der Waals surface area (Å²) < 4.78 is 0. The molecule has 3 aromatic rings. The third kappa shape index (κ3) is 21.3. The van der Waals surface area contributed by atoms with Crippen LogP contribution in [0.2, 0.25) is 0 Å². The summed E-state index contributed by atoms with van der Waals surface area (Å²) in [5.41, 5.74) is 4.22. The lowest BCUT2D eigenvalue weighted by atomic mass is 10.2. The molecule has 0 aromatic heterocycles. The van der Waals surface area contributed by atoms with Crippen LogP contribution >= 0.6 is 0 Å². The molecule has 0 radical (unpaired) electrons. The Morgan fingerprint density at radius 3 is 0.788 bits per heavy atom. The largest absolute Gasteiger partial charge is 1.00 e. The third-order valence-corrected chi connectivity index (χ3v) is 4.53. The van der Waals surface area contributed by atoms with Crippen LogP contribution in [0.3, 0.4) is 0 Å². The number of quaternary nitrogens is 3. The van der Waals surface area contributed by atoms with Crippen LogP contribution in [0.25, 0.3) is 0 Å². The quantitative estimate of drug-likeness (QED) is 0.207. The fourth-order valence-electron chi connectivity index (χ4n) is 2.78. The van der Waals surface area contributed by atoms with Crippen molar-refractivity contribution in [3.05, 3.63) is 108 Å². The smallest absolute Gasteiger partial charge is 0.101 e. The van der Waals surface area contributed by atoms with Crippen LogP contribution in [0.1, 0.15) is 37.5 Å². The highest BCUT2D eigenvalue weighted by Gasteiger charge is 1.90. The lowest BCUT2D eigenvalue weighted by molar-refractivity contribution is -0.667. The van der Waals surface area contributed by atoms with E-state index in [2.05, 4.69) is 128 Å². The average Bonchev–Trinajstić information content (AvgIpc) is 2.83. The van der Waals surface area contributed by atoms with E-state index in [0.29, 0.717) is 0 Å². The van der Waals surface area contributed by atoms with Gasteiger partial charge in [-0.2, -0.15) is 0 Å². The first kappa shape index (κ1) is 36.5. The zero-order valence-electron chi connectivity index (χ0n) is 20.3. The molecule has 0 atom stereocenters.